The summed E-state index contributed by atoms with van der Waals surface area (Å²) >= 11 is 3.00. The Labute approximate surface area is 128 Å². The molecule has 1 atom stereocenters. The van der Waals surface area contributed by atoms with Gasteiger partial charge < -0.3 is 4.74 Å². The molecule has 0 aromatic heterocycles. The molecule has 0 bridgehead atoms. The number of benzene rings is 2. The minimum Gasteiger partial charge on any atom is -0.494 e. The Bertz CT molecular complexity index is 667. The lowest BCUT2D eigenvalue weighted by molar-refractivity contribution is 0.385. The Morgan fingerprint density at radius 3 is 2.43 bits per heavy atom. The fraction of sp³-hybridized carbons (Fsp3) is 0.143. The summed E-state index contributed by atoms with van der Waals surface area (Å²) in [6.45, 7) is 0. The van der Waals surface area contributed by atoms with E-state index in [9.17, 15) is 13.2 Å². The molecule has 2 aromatic carbocycles. The Balaban J connectivity index is 2.57. The van der Waals surface area contributed by atoms with E-state index in [0.717, 1.165) is 12.1 Å². The van der Waals surface area contributed by atoms with Crippen molar-refractivity contribution < 1.29 is 17.9 Å². The van der Waals surface area contributed by atoms with Gasteiger partial charge >= 0.3 is 0 Å². The zero-order chi connectivity index (χ0) is 15.6. The Morgan fingerprint density at radius 2 is 1.81 bits per heavy atom. The molecule has 7 heteroatoms. The van der Waals surface area contributed by atoms with E-state index >= 15 is 0 Å². The zero-order valence-electron chi connectivity index (χ0n) is 11.0. The van der Waals surface area contributed by atoms with E-state index in [1.54, 1.807) is 0 Å². The van der Waals surface area contributed by atoms with Crippen molar-refractivity contribution in [3.8, 4) is 5.75 Å². The van der Waals surface area contributed by atoms with Gasteiger partial charge in [-0.3, -0.25) is 5.84 Å². The molecular weight excluding hydrogens is 349 g/mol. The largest absolute Gasteiger partial charge is 0.494 e. The second-order valence-electron chi connectivity index (χ2n) is 4.25. The van der Waals surface area contributed by atoms with Gasteiger partial charge in [-0.15, -0.1) is 0 Å². The minimum atomic E-state index is -0.989. The standard InChI is InChI=1S/C14H12BrF3N2O/c1-21-11-6-7(2-4-9(11)16)14(20-19)12-10(17)5-3-8(15)13(12)18/h2-6,14,20H,19H2,1H3. The number of ether oxygens (including phenoxy) is 1. The van der Waals surface area contributed by atoms with Gasteiger partial charge in [0.15, 0.2) is 11.6 Å². The summed E-state index contributed by atoms with van der Waals surface area (Å²) in [6.07, 6.45) is 0. The third-order valence-electron chi connectivity index (χ3n) is 3.04. The van der Waals surface area contributed by atoms with Crippen molar-refractivity contribution in [2.75, 3.05) is 7.11 Å². The van der Waals surface area contributed by atoms with Gasteiger partial charge in [0.05, 0.1) is 17.6 Å². The van der Waals surface area contributed by atoms with Crippen LogP contribution in [0.3, 0.4) is 0 Å². The zero-order valence-corrected chi connectivity index (χ0v) is 12.5. The average Bonchev–Trinajstić information content (AvgIpc) is 2.48. The summed E-state index contributed by atoms with van der Waals surface area (Å²) in [6, 6.07) is 5.24. The SMILES string of the molecule is COc1cc(C(NN)c2c(F)ccc(Br)c2F)ccc1F. The number of nitrogens with one attached hydrogen (secondary N) is 1. The second-order valence-corrected chi connectivity index (χ2v) is 5.10. The number of halogens is 4. The number of hydrogen-bond donors (Lipinski definition) is 2. The molecule has 0 heterocycles. The van der Waals surface area contributed by atoms with Crippen molar-refractivity contribution in [1.29, 1.82) is 0 Å². The quantitative estimate of drug-likeness (QED) is 0.498. The summed E-state index contributed by atoms with van der Waals surface area (Å²) in [7, 11) is 1.30. The Kier molecular flexibility index (Phi) is 4.87. The van der Waals surface area contributed by atoms with Gasteiger partial charge in [0.1, 0.15) is 11.6 Å². The molecule has 0 amide bonds. The fourth-order valence-corrected chi connectivity index (χ4v) is 2.36. The highest BCUT2D eigenvalue weighted by atomic mass is 79.9. The topological polar surface area (TPSA) is 47.3 Å². The van der Waals surface area contributed by atoms with Gasteiger partial charge in [0.2, 0.25) is 0 Å². The van der Waals surface area contributed by atoms with Crippen molar-refractivity contribution in [3.63, 3.8) is 0 Å². The van der Waals surface area contributed by atoms with Crippen LogP contribution >= 0.6 is 15.9 Å². The molecule has 0 fully saturated rings. The molecule has 0 aliphatic rings. The van der Waals surface area contributed by atoms with Crippen molar-refractivity contribution in [1.82, 2.24) is 5.43 Å². The Morgan fingerprint density at radius 1 is 1.14 bits per heavy atom. The first-order chi connectivity index (χ1) is 9.99. The van der Waals surface area contributed by atoms with E-state index in [2.05, 4.69) is 21.4 Å². The maximum absolute atomic E-state index is 14.2. The van der Waals surface area contributed by atoms with Crippen LogP contribution in [0.1, 0.15) is 17.2 Å². The molecule has 0 saturated heterocycles. The first-order valence-corrected chi connectivity index (χ1v) is 6.71. The van der Waals surface area contributed by atoms with Crippen LogP contribution in [-0.2, 0) is 0 Å². The summed E-state index contributed by atoms with van der Waals surface area (Å²) in [4.78, 5) is 0. The summed E-state index contributed by atoms with van der Waals surface area (Å²) in [5, 5.41) is 0. The van der Waals surface area contributed by atoms with Crippen LogP contribution in [0.25, 0.3) is 0 Å². The molecule has 3 N–H and O–H groups in total. The smallest absolute Gasteiger partial charge is 0.165 e. The molecular formula is C14H12BrF3N2O. The molecule has 0 radical (unpaired) electrons. The number of methoxy groups -OCH3 is 1. The van der Waals surface area contributed by atoms with Crippen LogP contribution in [0.2, 0.25) is 0 Å². The minimum absolute atomic E-state index is 0.0384. The average molecular weight is 361 g/mol. The van der Waals surface area contributed by atoms with Gasteiger partial charge in [-0.1, -0.05) is 6.07 Å². The molecule has 0 saturated carbocycles. The lowest BCUT2D eigenvalue weighted by atomic mass is 9.98. The van der Waals surface area contributed by atoms with Crippen molar-refractivity contribution in [2.45, 2.75) is 6.04 Å². The van der Waals surface area contributed by atoms with Crippen molar-refractivity contribution in [3.05, 3.63) is 63.4 Å². The number of hydrogen-bond acceptors (Lipinski definition) is 3. The molecule has 0 spiro atoms. The van der Waals surface area contributed by atoms with Gasteiger partial charge in [-0.05, 0) is 45.8 Å². The van der Waals surface area contributed by atoms with Gasteiger partial charge in [-0.2, -0.15) is 0 Å². The van der Waals surface area contributed by atoms with Crippen LogP contribution in [0.5, 0.6) is 5.75 Å². The van der Waals surface area contributed by atoms with Gasteiger partial charge in [0.25, 0.3) is 0 Å². The molecule has 0 aliphatic carbocycles. The van der Waals surface area contributed by atoms with Crippen LogP contribution < -0.4 is 16.0 Å². The molecule has 2 aromatic rings. The van der Waals surface area contributed by atoms with Gasteiger partial charge in [0, 0.05) is 5.56 Å². The molecule has 3 nitrogen and oxygen atoms in total. The van der Waals surface area contributed by atoms with Crippen molar-refractivity contribution in [2.24, 2.45) is 5.84 Å². The highest BCUT2D eigenvalue weighted by Gasteiger charge is 2.23. The van der Waals surface area contributed by atoms with E-state index in [1.165, 1.54) is 25.3 Å². The van der Waals surface area contributed by atoms with E-state index in [4.69, 9.17) is 10.6 Å². The van der Waals surface area contributed by atoms with E-state index in [1.807, 2.05) is 0 Å². The number of nitrogens with two attached hydrogens (primary N) is 1. The van der Waals surface area contributed by atoms with E-state index in [-0.39, 0.29) is 15.8 Å². The lowest BCUT2D eigenvalue weighted by Gasteiger charge is -2.19. The highest BCUT2D eigenvalue weighted by Crippen LogP contribution is 2.32. The summed E-state index contributed by atoms with van der Waals surface area (Å²) < 4.78 is 46.5. The van der Waals surface area contributed by atoms with E-state index in [0.29, 0.717) is 5.56 Å². The lowest BCUT2D eigenvalue weighted by Crippen LogP contribution is -2.30. The number of hydrazine groups is 1. The molecule has 1 unspecified atom stereocenters. The summed E-state index contributed by atoms with van der Waals surface area (Å²) in [5.41, 5.74) is 2.44. The normalized spacial score (nSPS) is 12.3. The summed E-state index contributed by atoms with van der Waals surface area (Å²) in [5.74, 6) is 3.27. The van der Waals surface area contributed by atoms with Crippen molar-refractivity contribution >= 4 is 15.9 Å². The van der Waals surface area contributed by atoms with Gasteiger partial charge in [-0.25, -0.2) is 18.6 Å². The molecule has 112 valence electrons. The first-order valence-electron chi connectivity index (χ1n) is 5.92. The van der Waals surface area contributed by atoms with Crippen LogP contribution in [0.4, 0.5) is 13.2 Å². The van der Waals surface area contributed by atoms with Crippen LogP contribution in [0.15, 0.2) is 34.8 Å². The molecule has 21 heavy (non-hydrogen) atoms. The second kappa shape index (κ2) is 6.46. The molecule has 2 rings (SSSR count). The van der Waals surface area contributed by atoms with Crippen LogP contribution in [0, 0.1) is 17.5 Å². The first kappa shape index (κ1) is 15.8. The highest BCUT2D eigenvalue weighted by molar-refractivity contribution is 9.10. The third kappa shape index (κ3) is 3.04. The Hall–Kier alpha value is -1.57. The number of rotatable bonds is 4. The third-order valence-corrected chi connectivity index (χ3v) is 3.66. The molecule has 0 aliphatic heterocycles. The fourth-order valence-electron chi connectivity index (χ4n) is 2.01. The monoisotopic (exact) mass is 360 g/mol. The van der Waals surface area contributed by atoms with Crippen LogP contribution in [-0.4, -0.2) is 7.11 Å². The maximum atomic E-state index is 14.2. The predicted molar refractivity (Wildman–Crippen MR) is 76.2 cm³/mol. The maximum Gasteiger partial charge on any atom is 0.165 e. The van der Waals surface area contributed by atoms with E-state index < -0.39 is 23.5 Å². The predicted octanol–water partition coefficient (Wildman–Crippen LogP) is 3.43.